The number of carbonyl (C=O) groups excluding carboxylic acids is 1. The molecule has 0 radical (unpaired) electrons. The highest BCUT2D eigenvalue weighted by atomic mass is 32.1. The van der Waals surface area contributed by atoms with E-state index in [1.54, 1.807) is 30.5 Å². The normalized spacial score (nSPS) is 10.9. The number of nitrogens with zero attached hydrogens (tertiary/aromatic N) is 3. The zero-order chi connectivity index (χ0) is 19.7. The second-order valence-electron chi connectivity index (χ2n) is 6.57. The number of hydrogen-bond donors (Lipinski definition) is 1. The number of aryl methyl sites for hydroxylation is 2. The van der Waals surface area contributed by atoms with Crippen LogP contribution < -0.4 is 10.9 Å². The molecule has 0 bridgehead atoms. The Labute approximate surface area is 165 Å². The third-order valence-corrected chi connectivity index (χ3v) is 5.32. The number of carbonyl (C=O) groups is 1. The first kappa shape index (κ1) is 18.1. The minimum Gasteiger partial charge on any atom is -0.296 e. The molecule has 2 aromatic carbocycles. The van der Waals surface area contributed by atoms with Crippen molar-refractivity contribution in [3.05, 3.63) is 86.8 Å². The van der Waals surface area contributed by atoms with Gasteiger partial charge in [-0.1, -0.05) is 48.0 Å². The van der Waals surface area contributed by atoms with Gasteiger partial charge in [0, 0.05) is 29.9 Å². The SMILES string of the molecule is Cc1cccc(Cc2cnc(NC(=O)c3nn(C)c(=O)c4ccccc34)s2)c1. The zero-order valence-corrected chi connectivity index (χ0v) is 16.3. The standard InChI is InChI=1S/C21H18N4O2S/c1-13-6-5-7-14(10-13)11-15-12-22-21(28-15)23-19(26)18-16-8-3-4-9-17(16)20(27)25(2)24-18/h3-10,12H,11H2,1-2H3,(H,22,23,26). The Morgan fingerprint density at radius 1 is 1.14 bits per heavy atom. The number of fused-ring (bicyclic) bond motifs is 1. The lowest BCUT2D eigenvalue weighted by molar-refractivity contribution is 0.102. The van der Waals surface area contributed by atoms with E-state index >= 15 is 0 Å². The number of nitrogens with one attached hydrogen (secondary N) is 1. The van der Waals surface area contributed by atoms with E-state index in [1.807, 2.05) is 6.07 Å². The van der Waals surface area contributed by atoms with E-state index in [2.05, 4.69) is 40.5 Å². The maximum Gasteiger partial charge on any atom is 0.278 e. The summed E-state index contributed by atoms with van der Waals surface area (Å²) in [6, 6.07) is 15.3. The molecule has 1 N–H and O–H groups in total. The average Bonchev–Trinajstić information content (AvgIpc) is 3.11. The highest BCUT2D eigenvalue weighted by Gasteiger charge is 2.17. The predicted molar refractivity (Wildman–Crippen MR) is 111 cm³/mol. The molecule has 6 nitrogen and oxygen atoms in total. The van der Waals surface area contributed by atoms with E-state index in [1.165, 1.54) is 34.2 Å². The molecule has 0 aliphatic heterocycles. The van der Waals surface area contributed by atoms with E-state index in [4.69, 9.17) is 0 Å². The lowest BCUT2D eigenvalue weighted by atomic mass is 10.1. The molecule has 1 amide bonds. The van der Waals surface area contributed by atoms with Crippen LogP contribution in [0.25, 0.3) is 10.8 Å². The first-order valence-electron chi connectivity index (χ1n) is 8.79. The lowest BCUT2D eigenvalue weighted by Crippen LogP contribution is -2.25. The Bertz CT molecular complexity index is 1240. The number of amides is 1. The average molecular weight is 390 g/mol. The van der Waals surface area contributed by atoms with Gasteiger partial charge in [0.25, 0.3) is 11.5 Å². The Morgan fingerprint density at radius 2 is 1.93 bits per heavy atom. The van der Waals surface area contributed by atoms with Gasteiger partial charge in [0.2, 0.25) is 0 Å². The minimum absolute atomic E-state index is 0.202. The number of aromatic nitrogens is 3. The molecule has 28 heavy (non-hydrogen) atoms. The molecule has 2 heterocycles. The maximum absolute atomic E-state index is 12.8. The summed E-state index contributed by atoms with van der Waals surface area (Å²) in [4.78, 5) is 30.4. The largest absolute Gasteiger partial charge is 0.296 e. The number of anilines is 1. The molecule has 0 saturated heterocycles. The highest BCUT2D eigenvalue weighted by molar-refractivity contribution is 7.15. The molecule has 140 valence electrons. The number of thiazole rings is 1. The van der Waals surface area contributed by atoms with Crippen LogP contribution in [0.5, 0.6) is 0 Å². The van der Waals surface area contributed by atoms with Gasteiger partial charge in [0.15, 0.2) is 10.8 Å². The van der Waals surface area contributed by atoms with Crippen LogP contribution in [0.3, 0.4) is 0 Å². The van der Waals surface area contributed by atoms with Crippen LogP contribution in [0, 0.1) is 6.92 Å². The van der Waals surface area contributed by atoms with Crippen molar-refractivity contribution >= 4 is 33.1 Å². The molecular weight excluding hydrogens is 372 g/mol. The molecule has 0 saturated carbocycles. The van der Waals surface area contributed by atoms with Gasteiger partial charge in [0.05, 0.1) is 5.39 Å². The highest BCUT2D eigenvalue weighted by Crippen LogP contribution is 2.23. The van der Waals surface area contributed by atoms with Gasteiger partial charge in [-0.05, 0) is 18.6 Å². The number of rotatable bonds is 4. The third kappa shape index (κ3) is 3.57. The molecule has 7 heteroatoms. The van der Waals surface area contributed by atoms with E-state index in [0.29, 0.717) is 15.9 Å². The second kappa shape index (κ2) is 7.36. The Kier molecular flexibility index (Phi) is 4.75. The molecule has 4 rings (SSSR count). The van der Waals surface area contributed by atoms with E-state index in [9.17, 15) is 9.59 Å². The first-order valence-corrected chi connectivity index (χ1v) is 9.60. The van der Waals surface area contributed by atoms with E-state index in [-0.39, 0.29) is 17.2 Å². The van der Waals surface area contributed by atoms with Crippen LogP contribution >= 0.6 is 11.3 Å². The fraction of sp³-hybridized carbons (Fsp3) is 0.143. The van der Waals surface area contributed by atoms with Crippen molar-refractivity contribution in [2.24, 2.45) is 7.05 Å². The minimum atomic E-state index is -0.386. The summed E-state index contributed by atoms with van der Waals surface area (Å²) in [5, 5.41) is 8.45. The molecule has 0 unspecified atom stereocenters. The fourth-order valence-electron chi connectivity index (χ4n) is 3.09. The summed E-state index contributed by atoms with van der Waals surface area (Å²) in [6.07, 6.45) is 2.53. The summed E-state index contributed by atoms with van der Waals surface area (Å²) in [5.74, 6) is -0.386. The van der Waals surface area contributed by atoms with Crippen LogP contribution in [-0.4, -0.2) is 20.7 Å². The van der Waals surface area contributed by atoms with Crippen LogP contribution in [0.4, 0.5) is 5.13 Å². The van der Waals surface area contributed by atoms with Crippen molar-refractivity contribution in [2.45, 2.75) is 13.3 Å². The van der Waals surface area contributed by atoms with E-state index < -0.39 is 0 Å². The molecule has 4 aromatic rings. The smallest absolute Gasteiger partial charge is 0.278 e. The summed E-state index contributed by atoms with van der Waals surface area (Å²) in [7, 11) is 1.54. The zero-order valence-electron chi connectivity index (χ0n) is 15.5. The van der Waals surface area contributed by atoms with E-state index in [0.717, 1.165) is 11.3 Å². The van der Waals surface area contributed by atoms with Gasteiger partial charge < -0.3 is 0 Å². The van der Waals surface area contributed by atoms with Gasteiger partial charge in [-0.2, -0.15) is 5.10 Å². The Balaban J connectivity index is 1.58. The van der Waals surface area contributed by atoms with Crippen LogP contribution in [0.1, 0.15) is 26.5 Å². The van der Waals surface area contributed by atoms with Crippen LogP contribution in [-0.2, 0) is 13.5 Å². The van der Waals surface area contributed by atoms with Crippen molar-refractivity contribution in [3.63, 3.8) is 0 Å². The van der Waals surface area contributed by atoms with Crippen molar-refractivity contribution in [1.82, 2.24) is 14.8 Å². The molecular formula is C21H18N4O2S. The maximum atomic E-state index is 12.8. The van der Waals surface area contributed by atoms with Crippen LogP contribution in [0.2, 0.25) is 0 Å². The summed E-state index contributed by atoms with van der Waals surface area (Å²) in [6.45, 7) is 2.06. The Hall–Kier alpha value is -3.32. The first-order chi connectivity index (χ1) is 13.5. The molecule has 0 spiro atoms. The summed E-state index contributed by atoms with van der Waals surface area (Å²) >= 11 is 1.43. The molecule has 0 aliphatic rings. The predicted octanol–water partition coefficient (Wildman–Crippen LogP) is 3.54. The lowest BCUT2D eigenvalue weighted by Gasteiger charge is -2.07. The molecule has 2 aromatic heterocycles. The van der Waals surface area contributed by atoms with Crippen LogP contribution in [0.15, 0.2) is 59.5 Å². The topological polar surface area (TPSA) is 76.9 Å². The second-order valence-corrected chi connectivity index (χ2v) is 7.69. The van der Waals surface area contributed by atoms with Crippen molar-refractivity contribution in [2.75, 3.05) is 5.32 Å². The van der Waals surface area contributed by atoms with Gasteiger partial charge in [-0.3, -0.25) is 14.9 Å². The summed E-state index contributed by atoms with van der Waals surface area (Å²) < 4.78 is 1.18. The monoisotopic (exact) mass is 390 g/mol. The summed E-state index contributed by atoms with van der Waals surface area (Å²) in [5.41, 5.74) is 2.38. The fourth-order valence-corrected chi connectivity index (χ4v) is 3.94. The van der Waals surface area contributed by atoms with Crippen molar-refractivity contribution in [1.29, 1.82) is 0 Å². The quantitative estimate of drug-likeness (QED) is 0.578. The van der Waals surface area contributed by atoms with Gasteiger partial charge in [0.1, 0.15) is 0 Å². The molecule has 0 atom stereocenters. The molecule has 0 fully saturated rings. The molecule has 0 aliphatic carbocycles. The third-order valence-electron chi connectivity index (χ3n) is 4.41. The van der Waals surface area contributed by atoms with Crippen molar-refractivity contribution in [3.8, 4) is 0 Å². The van der Waals surface area contributed by atoms with Gasteiger partial charge >= 0.3 is 0 Å². The van der Waals surface area contributed by atoms with Gasteiger partial charge in [-0.25, -0.2) is 9.67 Å². The van der Waals surface area contributed by atoms with Crippen molar-refractivity contribution < 1.29 is 4.79 Å². The number of hydrogen-bond acceptors (Lipinski definition) is 5. The van der Waals surface area contributed by atoms with Gasteiger partial charge in [-0.15, -0.1) is 11.3 Å². The Morgan fingerprint density at radius 3 is 2.71 bits per heavy atom. The number of benzene rings is 2.